The quantitative estimate of drug-likeness (QED) is 0.496. The van der Waals surface area contributed by atoms with E-state index in [-0.39, 0.29) is 0 Å². The van der Waals surface area contributed by atoms with Gasteiger partial charge in [0.1, 0.15) is 6.29 Å². The minimum atomic E-state index is 0.573. The van der Waals surface area contributed by atoms with E-state index in [0.29, 0.717) is 17.8 Å². The molecule has 80 valence electrons. The van der Waals surface area contributed by atoms with Crippen molar-refractivity contribution in [1.82, 2.24) is 0 Å². The van der Waals surface area contributed by atoms with Crippen molar-refractivity contribution in [1.29, 1.82) is 0 Å². The van der Waals surface area contributed by atoms with E-state index in [1.807, 2.05) is 0 Å². The van der Waals surface area contributed by atoms with Crippen LogP contribution in [0.15, 0.2) is 36.5 Å². The molecule has 0 N–H and O–H groups in total. The van der Waals surface area contributed by atoms with Crippen LogP contribution in [0, 0.1) is 17.8 Å². The van der Waals surface area contributed by atoms with E-state index in [1.54, 1.807) is 0 Å². The molecule has 3 unspecified atom stereocenters. The largest absolute Gasteiger partial charge is 0.298 e. The van der Waals surface area contributed by atoms with Gasteiger partial charge in [-0.2, -0.15) is 0 Å². The summed E-state index contributed by atoms with van der Waals surface area (Å²) in [4.78, 5) is 10.8. The molecular weight excluding hydrogens is 184 g/mol. The van der Waals surface area contributed by atoms with Gasteiger partial charge in [-0.1, -0.05) is 24.3 Å². The van der Waals surface area contributed by atoms with Gasteiger partial charge < -0.3 is 0 Å². The Hall–Kier alpha value is -1.11. The topological polar surface area (TPSA) is 17.1 Å². The van der Waals surface area contributed by atoms with E-state index >= 15 is 0 Å². The first-order valence-electron chi connectivity index (χ1n) is 5.70. The minimum absolute atomic E-state index is 0.573. The van der Waals surface area contributed by atoms with Crippen molar-refractivity contribution in [2.45, 2.75) is 25.7 Å². The second kappa shape index (κ2) is 4.18. The Kier molecular flexibility index (Phi) is 2.90. The zero-order valence-corrected chi connectivity index (χ0v) is 9.11. The molecule has 0 aromatic rings. The second-order valence-corrected chi connectivity index (χ2v) is 4.70. The number of carbonyl (C=O) groups is 1. The lowest BCUT2D eigenvalue weighted by atomic mass is 9.64. The van der Waals surface area contributed by atoms with E-state index in [9.17, 15) is 4.79 Å². The average molecular weight is 202 g/mol. The van der Waals surface area contributed by atoms with Gasteiger partial charge in [-0.25, -0.2) is 0 Å². The van der Waals surface area contributed by atoms with Crippen LogP contribution in [0.2, 0.25) is 0 Å². The van der Waals surface area contributed by atoms with Crippen LogP contribution >= 0.6 is 0 Å². The molecule has 0 bridgehead atoms. The highest BCUT2D eigenvalue weighted by molar-refractivity contribution is 5.73. The third-order valence-corrected chi connectivity index (χ3v) is 3.95. The van der Waals surface area contributed by atoms with Crippen LogP contribution in [0.4, 0.5) is 0 Å². The molecule has 2 aliphatic carbocycles. The Balaban J connectivity index is 2.23. The van der Waals surface area contributed by atoms with E-state index in [1.165, 1.54) is 5.57 Å². The first-order chi connectivity index (χ1) is 7.26. The van der Waals surface area contributed by atoms with Gasteiger partial charge in [-0.15, -0.1) is 6.58 Å². The van der Waals surface area contributed by atoms with Crippen molar-refractivity contribution in [3.63, 3.8) is 0 Å². The molecule has 2 aliphatic rings. The Morgan fingerprint density at radius 1 is 1.47 bits per heavy atom. The smallest absolute Gasteiger partial charge is 0.145 e. The van der Waals surface area contributed by atoms with E-state index in [4.69, 9.17) is 0 Å². The van der Waals surface area contributed by atoms with E-state index < -0.39 is 0 Å². The Morgan fingerprint density at radius 2 is 2.27 bits per heavy atom. The fourth-order valence-electron chi connectivity index (χ4n) is 3.01. The Morgan fingerprint density at radius 3 is 2.93 bits per heavy atom. The summed E-state index contributed by atoms with van der Waals surface area (Å²) in [5, 5.41) is 0. The normalized spacial score (nSPS) is 35.3. The molecule has 1 fully saturated rings. The van der Waals surface area contributed by atoms with Crippen LogP contribution in [0.3, 0.4) is 0 Å². The van der Waals surface area contributed by atoms with Gasteiger partial charge >= 0.3 is 0 Å². The Bertz CT molecular complexity index is 324. The maximum absolute atomic E-state index is 10.8. The van der Waals surface area contributed by atoms with Crippen LogP contribution in [-0.4, -0.2) is 6.29 Å². The number of allylic oxidation sites excluding steroid dienone is 4. The van der Waals surface area contributed by atoms with Crippen LogP contribution < -0.4 is 0 Å². The lowest BCUT2D eigenvalue weighted by Crippen LogP contribution is -2.31. The number of hydrogen-bond donors (Lipinski definition) is 0. The molecule has 1 nitrogen and oxygen atoms in total. The van der Waals surface area contributed by atoms with Crippen LogP contribution in [0.25, 0.3) is 0 Å². The molecule has 0 saturated heterocycles. The number of aldehydes is 1. The number of carbonyl (C=O) groups excluding carboxylic acids is 1. The number of rotatable bonds is 2. The van der Waals surface area contributed by atoms with E-state index in [0.717, 1.165) is 37.5 Å². The molecule has 3 atom stereocenters. The summed E-state index contributed by atoms with van der Waals surface area (Å²) in [6.45, 7) is 8.08. The van der Waals surface area contributed by atoms with Gasteiger partial charge in [-0.3, -0.25) is 4.79 Å². The molecule has 0 radical (unpaired) electrons. The molecule has 1 saturated carbocycles. The summed E-state index contributed by atoms with van der Waals surface area (Å²) in [7, 11) is 0. The molecule has 0 aliphatic heterocycles. The zero-order valence-electron chi connectivity index (χ0n) is 9.11. The third-order valence-electron chi connectivity index (χ3n) is 3.95. The van der Waals surface area contributed by atoms with Gasteiger partial charge in [0, 0.05) is 0 Å². The van der Waals surface area contributed by atoms with Gasteiger partial charge in [0.05, 0.1) is 0 Å². The Labute approximate surface area is 91.6 Å². The molecule has 2 rings (SSSR count). The maximum atomic E-state index is 10.8. The first-order valence-corrected chi connectivity index (χ1v) is 5.70. The molecule has 15 heavy (non-hydrogen) atoms. The summed E-state index contributed by atoms with van der Waals surface area (Å²) < 4.78 is 0. The molecule has 0 aromatic carbocycles. The molecule has 0 aromatic heterocycles. The highest BCUT2D eigenvalue weighted by Gasteiger charge is 2.35. The minimum Gasteiger partial charge on any atom is -0.298 e. The number of hydrogen-bond acceptors (Lipinski definition) is 1. The van der Waals surface area contributed by atoms with Crippen molar-refractivity contribution < 1.29 is 4.79 Å². The molecule has 1 heteroatoms. The van der Waals surface area contributed by atoms with Gasteiger partial charge in [0.2, 0.25) is 0 Å². The lowest BCUT2D eigenvalue weighted by molar-refractivity contribution is -0.105. The standard InChI is InChI=1S/C14H18O/c1-3-12-6-4-10(2)13-7-5-11(9-15)8-14(12)13/h3,5,9,12-14H,1-2,4,6-8H2. The molecular formula is C14H18O. The van der Waals surface area contributed by atoms with Gasteiger partial charge in [0.15, 0.2) is 0 Å². The average Bonchev–Trinajstić information content (AvgIpc) is 2.29. The lowest BCUT2D eigenvalue weighted by Gasteiger charge is -2.40. The molecule has 0 heterocycles. The van der Waals surface area contributed by atoms with E-state index in [2.05, 4.69) is 25.3 Å². The van der Waals surface area contributed by atoms with Crippen molar-refractivity contribution in [2.75, 3.05) is 0 Å². The monoisotopic (exact) mass is 202 g/mol. The summed E-state index contributed by atoms with van der Waals surface area (Å²) in [6, 6.07) is 0. The summed E-state index contributed by atoms with van der Waals surface area (Å²) in [6.07, 6.45) is 9.37. The van der Waals surface area contributed by atoms with Gasteiger partial charge in [0.25, 0.3) is 0 Å². The predicted octanol–water partition coefficient (Wildman–Crippen LogP) is 3.29. The second-order valence-electron chi connectivity index (χ2n) is 4.70. The summed E-state index contributed by atoms with van der Waals surface area (Å²) >= 11 is 0. The SMILES string of the molecule is C=CC1CCC(=C)C2CC=C(C=O)CC12. The van der Waals surface area contributed by atoms with Crippen molar-refractivity contribution in [3.05, 3.63) is 36.5 Å². The predicted molar refractivity (Wildman–Crippen MR) is 62.4 cm³/mol. The van der Waals surface area contributed by atoms with Gasteiger partial charge in [-0.05, 0) is 49.0 Å². The van der Waals surface area contributed by atoms with Crippen molar-refractivity contribution in [2.24, 2.45) is 17.8 Å². The highest BCUT2D eigenvalue weighted by Crippen LogP contribution is 2.45. The number of fused-ring (bicyclic) bond motifs is 1. The molecule has 0 spiro atoms. The van der Waals surface area contributed by atoms with Crippen molar-refractivity contribution >= 4 is 6.29 Å². The fourth-order valence-corrected chi connectivity index (χ4v) is 3.01. The fraction of sp³-hybridized carbons (Fsp3) is 0.500. The van der Waals surface area contributed by atoms with Crippen LogP contribution in [0.1, 0.15) is 25.7 Å². The zero-order chi connectivity index (χ0) is 10.8. The first kappa shape index (κ1) is 10.4. The highest BCUT2D eigenvalue weighted by atomic mass is 16.1. The summed E-state index contributed by atoms with van der Waals surface area (Å²) in [5.41, 5.74) is 2.34. The summed E-state index contributed by atoms with van der Waals surface area (Å²) in [5.74, 6) is 1.74. The third kappa shape index (κ3) is 1.83. The van der Waals surface area contributed by atoms with Crippen LogP contribution in [-0.2, 0) is 4.79 Å². The van der Waals surface area contributed by atoms with Crippen molar-refractivity contribution in [3.8, 4) is 0 Å². The maximum Gasteiger partial charge on any atom is 0.145 e. The van der Waals surface area contributed by atoms with Crippen LogP contribution in [0.5, 0.6) is 0 Å². The molecule has 0 amide bonds.